The summed E-state index contributed by atoms with van der Waals surface area (Å²) in [6.45, 7) is 4.11. The molecule has 1 fully saturated rings. The van der Waals surface area contributed by atoms with Crippen molar-refractivity contribution in [2.24, 2.45) is 0 Å². The standard InChI is InChI=1S/C17H21N3O/c1-12-19-16(13-6-8-18-9-7-13)11-17(20-12)14-4-3-5-15(10-14)21-2/h3-5,10-11,13,18H,6-9H2,1-2H3. The lowest BCUT2D eigenvalue weighted by atomic mass is 9.93. The smallest absolute Gasteiger partial charge is 0.126 e. The van der Waals surface area contributed by atoms with Crippen LogP contribution in [0.4, 0.5) is 0 Å². The first-order chi connectivity index (χ1) is 10.3. The van der Waals surface area contributed by atoms with Crippen molar-refractivity contribution in [1.29, 1.82) is 0 Å². The molecule has 2 heterocycles. The maximum Gasteiger partial charge on any atom is 0.126 e. The second kappa shape index (κ2) is 6.22. The molecule has 0 atom stereocenters. The number of hydrogen-bond donors (Lipinski definition) is 1. The van der Waals surface area contributed by atoms with Crippen LogP contribution >= 0.6 is 0 Å². The minimum absolute atomic E-state index is 0.539. The molecule has 0 amide bonds. The van der Waals surface area contributed by atoms with Gasteiger partial charge in [0.25, 0.3) is 0 Å². The van der Waals surface area contributed by atoms with Gasteiger partial charge in [-0.1, -0.05) is 12.1 Å². The summed E-state index contributed by atoms with van der Waals surface area (Å²) < 4.78 is 5.30. The summed E-state index contributed by atoms with van der Waals surface area (Å²) in [7, 11) is 1.69. The Balaban J connectivity index is 1.96. The van der Waals surface area contributed by atoms with E-state index in [9.17, 15) is 0 Å². The molecule has 1 N–H and O–H groups in total. The molecule has 4 heteroatoms. The first-order valence-electron chi connectivity index (χ1n) is 7.47. The minimum Gasteiger partial charge on any atom is -0.497 e. The first kappa shape index (κ1) is 14.0. The molecule has 0 saturated carbocycles. The van der Waals surface area contributed by atoms with Crippen molar-refractivity contribution in [3.05, 3.63) is 41.9 Å². The highest BCUT2D eigenvalue weighted by Crippen LogP contribution is 2.28. The number of hydrogen-bond acceptors (Lipinski definition) is 4. The van der Waals surface area contributed by atoms with Gasteiger partial charge >= 0.3 is 0 Å². The average molecular weight is 283 g/mol. The number of piperidine rings is 1. The Morgan fingerprint density at radius 2 is 1.95 bits per heavy atom. The maximum absolute atomic E-state index is 5.30. The van der Waals surface area contributed by atoms with E-state index in [4.69, 9.17) is 4.74 Å². The van der Waals surface area contributed by atoms with Crippen LogP contribution in [0.15, 0.2) is 30.3 Å². The minimum atomic E-state index is 0.539. The topological polar surface area (TPSA) is 47.0 Å². The number of rotatable bonds is 3. The molecule has 0 spiro atoms. The van der Waals surface area contributed by atoms with E-state index < -0.39 is 0 Å². The van der Waals surface area contributed by atoms with Crippen LogP contribution in [-0.4, -0.2) is 30.2 Å². The summed E-state index contributed by atoms with van der Waals surface area (Å²) in [6.07, 6.45) is 2.29. The summed E-state index contributed by atoms with van der Waals surface area (Å²) in [5, 5.41) is 3.40. The highest BCUT2D eigenvalue weighted by molar-refractivity contribution is 5.61. The second-order valence-electron chi connectivity index (χ2n) is 5.48. The third-order valence-electron chi connectivity index (χ3n) is 3.98. The van der Waals surface area contributed by atoms with Crippen LogP contribution in [0.1, 0.15) is 30.3 Å². The van der Waals surface area contributed by atoms with E-state index in [0.717, 1.165) is 48.8 Å². The van der Waals surface area contributed by atoms with Gasteiger partial charge in [0.1, 0.15) is 11.6 Å². The van der Waals surface area contributed by atoms with Gasteiger partial charge in [-0.3, -0.25) is 0 Å². The van der Waals surface area contributed by atoms with Gasteiger partial charge in [0.2, 0.25) is 0 Å². The zero-order valence-corrected chi connectivity index (χ0v) is 12.6. The lowest BCUT2D eigenvalue weighted by Crippen LogP contribution is -2.27. The Labute approximate surface area is 125 Å². The quantitative estimate of drug-likeness (QED) is 0.941. The van der Waals surface area contributed by atoms with E-state index in [-0.39, 0.29) is 0 Å². The van der Waals surface area contributed by atoms with Crippen molar-refractivity contribution < 1.29 is 4.74 Å². The van der Waals surface area contributed by atoms with Gasteiger partial charge < -0.3 is 10.1 Å². The Morgan fingerprint density at radius 1 is 1.14 bits per heavy atom. The number of aryl methyl sites for hydroxylation is 1. The maximum atomic E-state index is 5.30. The fourth-order valence-corrected chi connectivity index (χ4v) is 2.85. The highest BCUT2D eigenvalue weighted by atomic mass is 16.5. The number of nitrogens with zero attached hydrogens (tertiary/aromatic N) is 2. The number of methoxy groups -OCH3 is 1. The Hall–Kier alpha value is -1.94. The Kier molecular flexibility index (Phi) is 4.15. The summed E-state index contributed by atoms with van der Waals surface area (Å²) in [4.78, 5) is 9.25. The summed E-state index contributed by atoms with van der Waals surface area (Å²) in [6, 6.07) is 10.2. The fraction of sp³-hybridized carbons (Fsp3) is 0.412. The van der Waals surface area contributed by atoms with Crippen molar-refractivity contribution in [3.63, 3.8) is 0 Å². The summed E-state index contributed by atoms with van der Waals surface area (Å²) in [5.41, 5.74) is 3.23. The fourth-order valence-electron chi connectivity index (χ4n) is 2.85. The lowest BCUT2D eigenvalue weighted by Gasteiger charge is -2.22. The van der Waals surface area contributed by atoms with Gasteiger partial charge in [-0.25, -0.2) is 9.97 Å². The molecule has 0 radical (unpaired) electrons. The number of aromatic nitrogens is 2. The van der Waals surface area contributed by atoms with Crippen LogP contribution in [-0.2, 0) is 0 Å². The first-order valence-corrected chi connectivity index (χ1v) is 7.47. The van der Waals surface area contributed by atoms with Crippen molar-refractivity contribution >= 4 is 0 Å². The van der Waals surface area contributed by atoms with Crippen molar-refractivity contribution in [2.45, 2.75) is 25.7 Å². The van der Waals surface area contributed by atoms with E-state index in [1.54, 1.807) is 7.11 Å². The highest BCUT2D eigenvalue weighted by Gasteiger charge is 2.18. The molecule has 110 valence electrons. The molecule has 1 aliphatic heterocycles. The number of nitrogens with one attached hydrogen (secondary N) is 1. The normalized spacial score (nSPS) is 15.9. The molecular formula is C17H21N3O. The molecule has 1 aromatic carbocycles. The SMILES string of the molecule is COc1cccc(-c2cc(C3CCNCC3)nc(C)n2)c1. The third-order valence-corrected chi connectivity index (χ3v) is 3.98. The molecule has 1 saturated heterocycles. The summed E-state index contributed by atoms with van der Waals surface area (Å²) >= 11 is 0. The van der Waals surface area contributed by atoms with Crippen molar-refractivity contribution in [2.75, 3.05) is 20.2 Å². The third kappa shape index (κ3) is 3.22. The van der Waals surface area contributed by atoms with Crippen LogP contribution in [0.2, 0.25) is 0 Å². The van der Waals surface area contributed by atoms with E-state index in [1.807, 2.05) is 25.1 Å². The lowest BCUT2D eigenvalue weighted by molar-refractivity contribution is 0.415. The Bertz CT molecular complexity index is 621. The average Bonchev–Trinajstić information content (AvgIpc) is 2.55. The van der Waals surface area contributed by atoms with Gasteiger partial charge in [-0.15, -0.1) is 0 Å². The zero-order chi connectivity index (χ0) is 14.7. The van der Waals surface area contributed by atoms with Crippen LogP contribution < -0.4 is 10.1 Å². The molecule has 3 rings (SSSR count). The molecule has 2 aromatic rings. The van der Waals surface area contributed by atoms with Gasteiger partial charge in [-0.2, -0.15) is 0 Å². The summed E-state index contributed by atoms with van der Waals surface area (Å²) in [5.74, 6) is 2.23. The van der Waals surface area contributed by atoms with E-state index in [1.165, 1.54) is 5.69 Å². The predicted molar refractivity (Wildman–Crippen MR) is 83.6 cm³/mol. The van der Waals surface area contributed by atoms with Crippen LogP contribution in [0.3, 0.4) is 0 Å². The van der Waals surface area contributed by atoms with E-state index in [2.05, 4.69) is 27.4 Å². The van der Waals surface area contributed by atoms with Crippen molar-refractivity contribution in [1.82, 2.24) is 15.3 Å². The van der Waals surface area contributed by atoms with Gasteiger partial charge in [0.15, 0.2) is 0 Å². The number of ether oxygens (including phenoxy) is 1. The molecule has 21 heavy (non-hydrogen) atoms. The Morgan fingerprint density at radius 3 is 2.71 bits per heavy atom. The molecule has 0 unspecified atom stereocenters. The van der Waals surface area contributed by atoms with Crippen molar-refractivity contribution in [3.8, 4) is 17.0 Å². The number of benzene rings is 1. The molecule has 0 bridgehead atoms. The zero-order valence-electron chi connectivity index (χ0n) is 12.6. The van der Waals surface area contributed by atoms with E-state index >= 15 is 0 Å². The van der Waals surface area contributed by atoms with Gasteiger partial charge in [-0.05, 0) is 51.1 Å². The molecular weight excluding hydrogens is 262 g/mol. The largest absolute Gasteiger partial charge is 0.497 e. The second-order valence-corrected chi connectivity index (χ2v) is 5.48. The van der Waals surface area contributed by atoms with Crippen LogP contribution in [0.25, 0.3) is 11.3 Å². The monoisotopic (exact) mass is 283 g/mol. The van der Waals surface area contributed by atoms with Crippen LogP contribution in [0, 0.1) is 6.92 Å². The molecule has 0 aliphatic carbocycles. The predicted octanol–water partition coefficient (Wildman–Crippen LogP) is 2.93. The van der Waals surface area contributed by atoms with Crippen LogP contribution in [0.5, 0.6) is 5.75 Å². The van der Waals surface area contributed by atoms with E-state index in [0.29, 0.717) is 5.92 Å². The van der Waals surface area contributed by atoms with Gasteiger partial charge in [0, 0.05) is 17.2 Å². The molecule has 1 aromatic heterocycles. The van der Waals surface area contributed by atoms with Gasteiger partial charge in [0.05, 0.1) is 12.8 Å². The molecule has 4 nitrogen and oxygen atoms in total. The molecule has 1 aliphatic rings.